The van der Waals surface area contributed by atoms with Crippen molar-refractivity contribution in [2.45, 2.75) is 31.8 Å². The summed E-state index contributed by atoms with van der Waals surface area (Å²) in [4.78, 5) is 25.7. The van der Waals surface area contributed by atoms with Crippen LogP contribution in [0.25, 0.3) is 10.9 Å². The maximum atomic E-state index is 14.8. The predicted octanol–water partition coefficient (Wildman–Crippen LogP) is 1.92. The zero-order valence-corrected chi connectivity index (χ0v) is 14.5. The molecule has 0 amide bonds. The van der Waals surface area contributed by atoms with Crippen LogP contribution in [0.2, 0.25) is 0 Å². The average molecular weight is 368 g/mol. The molecule has 0 bridgehead atoms. The van der Waals surface area contributed by atoms with E-state index in [1.165, 1.54) is 12.3 Å². The second-order valence-electron chi connectivity index (χ2n) is 6.71. The van der Waals surface area contributed by atoms with Crippen LogP contribution in [0.1, 0.15) is 35.3 Å². The smallest absolute Gasteiger partial charge is 0.341 e. The molecule has 1 saturated heterocycles. The second kappa shape index (κ2) is 6.00. The van der Waals surface area contributed by atoms with Gasteiger partial charge in [-0.05, 0) is 25.8 Å². The number of aromatic carboxylic acids is 1. The van der Waals surface area contributed by atoms with Crippen LogP contribution in [0.5, 0.6) is 0 Å². The summed E-state index contributed by atoms with van der Waals surface area (Å²) in [6.07, 6.45) is 2.75. The summed E-state index contributed by atoms with van der Waals surface area (Å²) >= 11 is 0. The lowest BCUT2D eigenvalue weighted by molar-refractivity contribution is 0.0694. The molecule has 1 unspecified atom stereocenters. The number of carboxylic acid groups (broad SMARTS) is 1. The summed E-state index contributed by atoms with van der Waals surface area (Å²) in [6.45, 7) is 3.20. The number of rotatable bonds is 2. The van der Waals surface area contributed by atoms with E-state index in [0.29, 0.717) is 30.7 Å². The molecule has 2 aliphatic heterocycles. The van der Waals surface area contributed by atoms with Crippen LogP contribution in [0.3, 0.4) is 0 Å². The number of benzene rings is 1. The summed E-state index contributed by atoms with van der Waals surface area (Å²) < 4.78 is 16.6. The van der Waals surface area contributed by atoms with Gasteiger partial charge in [0.25, 0.3) is 0 Å². The zero-order valence-electron chi connectivity index (χ0n) is 13.7. The lowest BCUT2D eigenvalue weighted by Crippen LogP contribution is -2.28. The third-order valence-electron chi connectivity index (χ3n) is 5.09. The molecule has 0 spiro atoms. The Bertz CT molecular complexity index is 943. The molecule has 0 aliphatic carbocycles. The SMILES string of the molecule is C[C@H]1Cc2c(N3CCC(N)C3)c(F)cc3c(=O)c(C(=O)O)cn1c23.Cl. The van der Waals surface area contributed by atoms with Gasteiger partial charge in [0.05, 0.1) is 11.2 Å². The van der Waals surface area contributed by atoms with Gasteiger partial charge in [-0.3, -0.25) is 4.79 Å². The van der Waals surface area contributed by atoms with E-state index in [4.69, 9.17) is 5.73 Å². The molecule has 2 aromatic rings. The quantitative estimate of drug-likeness (QED) is 0.846. The minimum absolute atomic E-state index is 0. The van der Waals surface area contributed by atoms with E-state index in [2.05, 4.69) is 0 Å². The Labute approximate surface area is 149 Å². The average Bonchev–Trinajstić information content (AvgIpc) is 3.06. The Kier molecular flexibility index (Phi) is 4.25. The van der Waals surface area contributed by atoms with E-state index in [0.717, 1.165) is 12.0 Å². The molecule has 3 heterocycles. The van der Waals surface area contributed by atoms with Crippen molar-refractivity contribution in [3.8, 4) is 0 Å². The Balaban J connectivity index is 0.00000182. The van der Waals surface area contributed by atoms with Gasteiger partial charge in [-0.15, -0.1) is 12.4 Å². The van der Waals surface area contributed by atoms with E-state index >= 15 is 0 Å². The first-order valence-corrected chi connectivity index (χ1v) is 8.02. The van der Waals surface area contributed by atoms with Gasteiger partial charge in [-0.1, -0.05) is 0 Å². The lowest BCUT2D eigenvalue weighted by atomic mass is 10.0. The number of pyridine rings is 1. The summed E-state index contributed by atoms with van der Waals surface area (Å²) in [6, 6.07) is 1.17. The molecular formula is C17H19ClFN3O3. The van der Waals surface area contributed by atoms with Crippen molar-refractivity contribution in [3.05, 3.63) is 39.4 Å². The maximum Gasteiger partial charge on any atom is 0.341 e. The largest absolute Gasteiger partial charge is 0.477 e. The van der Waals surface area contributed by atoms with Crippen molar-refractivity contribution >= 4 is 35.0 Å². The number of halogens is 2. The highest BCUT2D eigenvalue weighted by atomic mass is 35.5. The first-order valence-electron chi connectivity index (χ1n) is 8.02. The van der Waals surface area contributed by atoms with Gasteiger partial charge in [-0.25, -0.2) is 9.18 Å². The fourth-order valence-electron chi connectivity index (χ4n) is 3.98. The minimum Gasteiger partial charge on any atom is -0.477 e. The van der Waals surface area contributed by atoms with Gasteiger partial charge in [0, 0.05) is 42.3 Å². The Morgan fingerprint density at radius 1 is 1.44 bits per heavy atom. The number of carbonyl (C=O) groups is 1. The highest BCUT2D eigenvalue weighted by Crippen LogP contribution is 2.40. The Hall–Kier alpha value is -2.12. The van der Waals surface area contributed by atoms with E-state index in [1.54, 1.807) is 4.57 Å². The van der Waals surface area contributed by atoms with Crippen molar-refractivity contribution in [2.75, 3.05) is 18.0 Å². The van der Waals surface area contributed by atoms with Crippen LogP contribution in [0.15, 0.2) is 17.1 Å². The van der Waals surface area contributed by atoms with E-state index in [9.17, 15) is 19.1 Å². The Morgan fingerprint density at radius 2 is 2.16 bits per heavy atom. The van der Waals surface area contributed by atoms with Crippen molar-refractivity contribution in [1.82, 2.24) is 4.57 Å². The standard InChI is InChI=1S/C17H18FN3O3.ClH/c1-8-4-10-14-11(16(22)12(17(23)24)7-21(8)14)5-13(18)15(10)20-3-2-9(19)6-20;/h5,7-9H,2-4,6,19H2,1H3,(H,23,24);1H/t8-,9?;/m0./s1. The van der Waals surface area contributed by atoms with Crippen LogP contribution in [-0.2, 0) is 6.42 Å². The predicted molar refractivity (Wildman–Crippen MR) is 95.6 cm³/mol. The third-order valence-corrected chi connectivity index (χ3v) is 5.09. The van der Waals surface area contributed by atoms with Crippen LogP contribution in [-0.4, -0.2) is 34.8 Å². The molecule has 134 valence electrons. The van der Waals surface area contributed by atoms with E-state index < -0.39 is 17.2 Å². The minimum atomic E-state index is -1.29. The first kappa shape index (κ1) is 17.7. The van der Waals surface area contributed by atoms with Crippen molar-refractivity contribution < 1.29 is 14.3 Å². The van der Waals surface area contributed by atoms with Gasteiger partial charge < -0.3 is 20.3 Å². The monoisotopic (exact) mass is 367 g/mol. The van der Waals surface area contributed by atoms with Gasteiger partial charge in [0.1, 0.15) is 11.4 Å². The number of hydrogen-bond donors (Lipinski definition) is 2. The summed E-state index contributed by atoms with van der Waals surface area (Å²) in [5.74, 6) is -1.77. The number of hydrogen-bond acceptors (Lipinski definition) is 4. The molecule has 8 heteroatoms. The molecule has 1 aromatic heterocycles. The van der Waals surface area contributed by atoms with Crippen LogP contribution in [0.4, 0.5) is 10.1 Å². The summed E-state index contributed by atoms with van der Waals surface area (Å²) in [5.41, 5.74) is 6.93. The number of aromatic nitrogens is 1. The molecule has 4 rings (SSSR count). The van der Waals surface area contributed by atoms with E-state index in [-0.39, 0.29) is 35.4 Å². The lowest BCUT2D eigenvalue weighted by Gasteiger charge is -2.22. The summed E-state index contributed by atoms with van der Waals surface area (Å²) in [5, 5.41) is 9.38. The first-order chi connectivity index (χ1) is 11.4. The highest BCUT2D eigenvalue weighted by molar-refractivity contribution is 5.96. The number of carboxylic acids is 1. The van der Waals surface area contributed by atoms with Crippen LogP contribution < -0.4 is 16.1 Å². The van der Waals surface area contributed by atoms with E-state index in [1.807, 2.05) is 11.8 Å². The number of nitrogens with two attached hydrogens (primary N) is 1. The zero-order chi connectivity index (χ0) is 17.2. The Morgan fingerprint density at radius 3 is 2.76 bits per heavy atom. The van der Waals surface area contributed by atoms with Gasteiger partial charge in [0.15, 0.2) is 0 Å². The molecule has 0 radical (unpaired) electrons. The third kappa shape index (κ3) is 2.49. The molecule has 2 aliphatic rings. The van der Waals surface area contributed by atoms with Crippen molar-refractivity contribution in [3.63, 3.8) is 0 Å². The molecule has 3 N–H and O–H groups in total. The second-order valence-corrected chi connectivity index (χ2v) is 6.71. The summed E-state index contributed by atoms with van der Waals surface area (Å²) in [7, 11) is 0. The number of nitrogens with zero attached hydrogens (tertiary/aromatic N) is 2. The molecule has 1 aromatic carbocycles. The van der Waals surface area contributed by atoms with Crippen LogP contribution in [0, 0.1) is 5.82 Å². The number of anilines is 1. The van der Waals surface area contributed by atoms with Crippen LogP contribution >= 0.6 is 12.4 Å². The maximum absolute atomic E-state index is 14.8. The van der Waals surface area contributed by atoms with Crippen molar-refractivity contribution in [1.29, 1.82) is 0 Å². The van der Waals surface area contributed by atoms with Gasteiger partial charge in [0.2, 0.25) is 5.43 Å². The molecule has 6 nitrogen and oxygen atoms in total. The fourth-order valence-corrected chi connectivity index (χ4v) is 3.98. The molecular weight excluding hydrogens is 349 g/mol. The topological polar surface area (TPSA) is 88.6 Å². The molecule has 0 saturated carbocycles. The van der Waals surface area contributed by atoms with Crippen molar-refractivity contribution in [2.24, 2.45) is 5.73 Å². The normalized spacial score (nSPS) is 21.6. The highest BCUT2D eigenvalue weighted by Gasteiger charge is 2.32. The molecule has 2 atom stereocenters. The van der Waals surface area contributed by atoms with Gasteiger partial charge >= 0.3 is 5.97 Å². The molecule has 1 fully saturated rings. The van der Waals surface area contributed by atoms with Gasteiger partial charge in [-0.2, -0.15) is 0 Å². The molecule has 25 heavy (non-hydrogen) atoms. The fraction of sp³-hybridized carbons (Fsp3) is 0.412.